The molecule has 0 radical (unpaired) electrons. The molecule has 4 nitrogen and oxygen atoms in total. The van der Waals surface area contributed by atoms with Crippen molar-refractivity contribution in [3.63, 3.8) is 0 Å². The van der Waals surface area contributed by atoms with Crippen molar-refractivity contribution in [2.45, 2.75) is 12.5 Å². The van der Waals surface area contributed by atoms with Gasteiger partial charge < -0.3 is 15.7 Å². The fourth-order valence-corrected chi connectivity index (χ4v) is 4.19. The number of halogens is 1. The second kappa shape index (κ2) is 4.77. The van der Waals surface area contributed by atoms with Gasteiger partial charge in [0.05, 0.1) is 11.8 Å². The molecule has 1 aliphatic heterocycles. The number of nitrogens with zero attached hydrogens (tertiary/aromatic N) is 1. The molecule has 1 aromatic carbocycles. The van der Waals surface area contributed by atoms with Crippen LogP contribution in [0.5, 0.6) is 0 Å². The van der Waals surface area contributed by atoms with Crippen LogP contribution in [0.1, 0.15) is 16.1 Å². The molecule has 0 spiro atoms. The second-order valence-corrected chi connectivity index (χ2v) is 6.56. The molecule has 1 aromatic heterocycles. The molecule has 19 heavy (non-hydrogen) atoms. The number of anilines is 1. The normalized spacial score (nSPS) is 19.3. The van der Waals surface area contributed by atoms with E-state index in [1.807, 2.05) is 18.2 Å². The number of benzene rings is 1. The highest BCUT2D eigenvalue weighted by molar-refractivity contribution is 9.10. The number of nitrogen functional groups attached to an aromatic ring is 1. The van der Waals surface area contributed by atoms with Crippen LogP contribution < -0.4 is 5.73 Å². The Bertz CT molecular complexity index is 655. The molecular weight excluding hydrogens is 328 g/mol. The minimum atomic E-state index is -0.411. The van der Waals surface area contributed by atoms with Gasteiger partial charge in [-0.2, -0.15) is 0 Å². The molecule has 1 fully saturated rings. The predicted molar refractivity (Wildman–Crippen MR) is 80.5 cm³/mol. The van der Waals surface area contributed by atoms with E-state index in [1.165, 1.54) is 11.3 Å². The summed E-state index contributed by atoms with van der Waals surface area (Å²) in [5.74, 6) is -0.0813. The molecule has 100 valence electrons. The summed E-state index contributed by atoms with van der Waals surface area (Å²) < 4.78 is 1.90. The Labute approximate surface area is 122 Å². The van der Waals surface area contributed by atoms with E-state index in [2.05, 4.69) is 15.9 Å². The Hall–Kier alpha value is -1.11. The van der Waals surface area contributed by atoms with Crippen LogP contribution in [0.25, 0.3) is 10.1 Å². The Balaban J connectivity index is 2.03. The lowest BCUT2D eigenvalue weighted by atomic mass is 10.2. The van der Waals surface area contributed by atoms with E-state index in [4.69, 9.17) is 5.73 Å². The smallest absolute Gasteiger partial charge is 0.266 e. The quantitative estimate of drug-likeness (QED) is 0.837. The van der Waals surface area contributed by atoms with Gasteiger partial charge in [-0.15, -0.1) is 11.3 Å². The average molecular weight is 341 g/mol. The van der Waals surface area contributed by atoms with E-state index >= 15 is 0 Å². The number of fused-ring (bicyclic) bond motifs is 1. The van der Waals surface area contributed by atoms with Crippen LogP contribution >= 0.6 is 27.3 Å². The van der Waals surface area contributed by atoms with Crippen molar-refractivity contribution in [1.82, 2.24) is 4.90 Å². The average Bonchev–Trinajstić information content (AvgIpc) is 2.94. The van der Waals surface area contributed by atoms with E-state index in [0.29, 0.717) is 30.1 Å². The number of rotatable bonds is 1. The van der Waals surface area contributed by atoms with Gasteiger partial charge in [-0.3, -0.25) is 4.79 Å². The third kappa shape index (κ3) is 2.13. The number of carbonyl (C=O) groups excluding carboxylic acids is 1. The fraction of sp³-hybridized carbons (Fsp3) is 0.308. The molecule has 1 saturated heterocycles. The van der Waals surface area contributed by atoms with Gasteiger partial charge in [-0.25, -0.2) is 0 Å². The minimum Gasteiger partial charge on any atom is -0.397 e. The van der Waals surface area contributed by atoms with Crippen LogP contribution in [0.4, 0.5) is 5.69 Å². The Morgan fingerprint density at radius 2 is 2.32 bits per heavy atom. The van der Waals surface area contributed by atoms with Crippen molar-refractivity contribution >= 4 is 48.9 Å². The lowest BCUT2D eigenvalue weighted by Crippen LogP contribution is -2.29. The third-order valence-electron chi connectivity index (χ3n) is 3.35. The van der Waals surface area contributed by atoms with Gasteiger partial charge in [0.1, 0.15) is 4.88 Å². The Kier molecular flexibility index (Phi) is 3.24. The largest absolute Gasteiger partial charge is 0.397 e. The number of thiophene rings is 1. The first-order valence-corrected chi connectivity index (χ1v) is 7.62. The highest BCUT2D eigenvalue weighted by Gasteiger charge is 2.28. The van der Waals surface area contributed by atoms with Crippen molar-refractivity contribution < 1.29 is 9.90 Å². The summed E-state index contributed by atoms with van der Waals surface area (Å²) >= 11 is 4.87. The van der Waals surface area contributed by atoms with Crippen molar-refractivity contribution in [1.29, 1.82) is 0 Å². The van der Waals surface area contributed by atoms with E-state index in [9.17, 15) is 9.90 Å². The SMILES string of the molecule is Nc1c(C(=O)N2CCC(O)C2)sc2cccc(Br)c12. The number of aliphatic hydroxyl groups is 1. The van der Waals surface area contributed by atoms with E-state index < -0.39 is 6.10 Å². The molecule has 1 atom stereocenters. The van der Waals surface area contributed by atoms with Crippen molar-refractivity contribution in [2.75, 3.05) is 18.8 Å². The zero-order chi connectivity index (χ0) is 13.6. The molecule has 1 unspecified atom stereocenters. The summed E-state index contributed by atoms with van der Waals surface area (Å²) in [5, 5.41) is 10.4. The van der Waals surface area contributed by atoms with Crippen LogP contribution in [-0.2, 0) is 0 Å². The van der Waals surface area contributed by atoms with Gasteiger partial charge in [0, 0.05) is 27.6 Å². The van der Waals surface area contributed by atoms with Gasteiger partial charge in [0.15, 0.2) is 0 Å². The Morgan fingerprint density at radius 1 is 1.53 bits per heavy atom. The van der Waals surface area contributed by atoms with Crippen LogP contribution in [0, 0.1) is 0 Å². The molecule has 0 saturated carbocycles. The number of aliphatic hydroxyl groups excluding tert-OH is 1. The fourth-order valence-electron chi connectivity index (χ4n) is 2.36. The number of nitrogens with two attached hydrogens (primary N) is 1. The summed E-state index contributed by atoms with van der Waals surface area (Å²) in [6.07, 6.45) is 0.228. The number of amides is 1. The maximum absolute atomic E-state index is 12.4. The summed E-state index contributed by atoms with van der Waals surface area (Å²) in [5.41, 5.74) is 6.64. The first-order chi connectivity index (χ1) is 9.08. The van der Waals surface area contributed by atoms with Crippen molar-refractivity contribution in [2.24, 2.45) is 0 Å². The van der Waals surface area contributed by atoms with Crippen molar-refractivity contribution in [3.05, 3.63) is 27.5 Å². The molecule has 2 heterocycles. The first kappa shape index (κ1) is 12.9. The number of likely N-dealkylation sites (tertiary alicyclic amines) is 1. The molecule has 0 aliphatic carbocycles. The van der Waals surface area contributed by atoms with Crippen LogP contribution in [0.15, 0.2) is 22.7 Å². The van der Waals surface area contributed by atoms with Gasteiger partial charge >= 0.3 is 0 Å². The number of β-amino-alcohol motifs (C(OH)–C–C–N with tert-alkyl or cyclic N) is 1. The topological polar surface area (TPSA) is 66.6 Å². The Morgan fingerprint density at radius 3 is 2.95 bits per heavy atom. The minimum absolute atomic E-state index is 0.0813. The van der Waals surface area contributed by atoms with E-state index in [-0.39, 0.29) is 5.91 Å². The monoisotopic (exact) mass is 340 g/mol. The summed E-state index contributed by atoms with van der Waals surface area (Å²) in [6.45, 7) is 0.989. The van der Waals surface area contributed by atoms with Gasteiger partial charge in [-0.1, -0.05) is 22.0 Å². The number of hydrogen-bond acceptors (Lipinski definition) is 4. The number of hydrogen-bond donors (Lipinski definition) is 2. The third-order valence-corrected chi connectivity index (χ3v) is 5.17. The van der Waals surface area contributed by atoms with E-state index in [0.717, 1.165) is 14.6 Å². The van der Waals surface area contributed by atoms with Crippen molar-refractivity contribution in [3.8, 4) is 0 Å². The summed E-state index contributed by atoms with van der Waals surface area (Å²) in [6, 6.07) is 5.80. The second-order valence-electron chi connectivity index (χ2n) is 4.65. The van der Waals surface area contributed by atoms with Gasteiger partial charge in [-0.05, 0) is 18.6 Å². The maximum Gasteiger partial charge on any atom is 0.266 e. The predicted octanol–water partition coefficient (Wildman–Crippen LogP) is 2.45. The molecule has 1 aliphatic rings. The molecule has 2 aromatic rings. The van der Waals surface area contributed by atoms with Crippen LogP contribution in [0.2, 0.25) is 0 Å². The zero-order valence-electron chi connectivity index (χ0n) is 10.1. The summed E-state index contributed by atoms with van der Waals surface area (Å²) in [7, 11) is 0. The highest BCUT2D eigenvalue weighted by Crippen LogP contribution is 2.38. The lowest BCUT2D eigenvalue weighted by molar-refractivity contribution is 0.0770. The molecule has 3 rings (SSSR count). The molecule has 3 N–H and O–H groups in total. The standard InChI is InChI=1S/C13H13BrN2O2S/c14-8-2-1-3-9-10(8)11(15)12(19-9)13(18)16-5-4-7(17)6-16/h1-3,7,17H,4-6,15H2. The first-order valence-electron chi connectivity index (χ1n) is 6.01. The molecular formula is C13H13BrN2O2S. The zero-order valence-corrected chi connectivity index (χ0v) is 12.5. The highest BCUT2D eigenvalue weighted by atomic mass is 79.9. The number of carbonyl (C=O) groups is 1. The van der Waals surface area contributed by atoms with E-state index in [1.54, 1.807) is 4.90 Å². The van der Waals surface area contributed by atoms with Gasteiger partial charge in [0.25, 0.3) is 5.91 Å². The maximum atomic E-state index is 12.4. The summed E-state index contributed by atoms with van der Waals surface area (Å²) in [4.78, 5) is 14.7. The molecule has 1 amide bonds. The lowest BCUT2D eigenvalue weighted by Gasteiger charge is -2.14. The van der Waals surface area contributed by atoms with Crippen LogP contribution in [-0.4, -0.2) is 35.1 Å². The molecule has 0 bridgehead atoms. The van der Waals surface area contributed by atoms with Gasteiger partial charge in [0.2, 0.25) is 0 Å². The van der Waals surface area contributed by atoms with Crippen LogP contribution in [0.3, 0.4) is 0 Å². The molecule has 6 heteroatoms.